The van der Waals surface area contributed by atoms with Gasteiger partial charge >= 0.3 is 5.97 Å². The number of amides is 1. The largest absolute Gasteiger partial charge is 0.481 e. The molecule has 1 aromatic rings. The van der Waals surface area contributed by atoms with Crippen molar-refractivity contribution in [3.63, 3.8) is 0 Å². The van der Waals surface area contributed by atoms with Gasteiger partial charge in [-0.25, -0.2) is 0 Å². The lowest BCUT2D eigenvalue weighted by molar-refractivity contribution is -0.138. The highest BCUT2D eigenvalue weighted by atomic mass is 16.4. The molecule has 0 aliphatic carbocycles. The second kappa shape index (κ2) is 6.76. The van der Waals surface area contributed by atoms with Crippen LogP contribution >= 0.6 is 0 Å². The zero-order chi connectivity index (χ0) is 13.5. The van der Waals surface area contributed by atoms with E-state index in [9.17, 15) is 9.59 Å². The maximum Gasteiger partial charge on any atom is 0.305 e. The smallest absolute Gasteiger partial charge is 0.305 e. The molecule has 0 radical (unpaired) electrons. The molecule has 0 spiro atoms. The predicted molar refractivity (Wildman–Crippen MR) is 68.0 cm³/mol. The summed E-state index contributed by atoms with van der Waals surface area (Å²) in [6, 6.07) is 8.86. The van der Waals surface area contributed by atoms with Gasteiger partial charge in [0.1, 0.15) is 0 Å². The molecular weight excluding hydrogens is 232 g/mol. The second-order valence-corrected chi connectivity index (χ2v) is 4.20. The zero-order valence-corrected chi connectivity index (χ0v) is 10.4. The molecule has 0 saturated carbocycles. The quantitative estimate of drug-likeness (QED) is 0.769. The van der Waals surface area contributed by atoms with Crippen molar-refractivity contribution in [3.8, 4) is 0 Å². The third-order valence-corrected chi connectivity index (χ3v) is 2.65. The third kappa shape index (κ3) is 4.55. The molecule has 98 valence electrons. The van der Waals surface area contributed by atoms with E-state index >= 15 is 0 Å². The highest BCUT2D eigenvalue weighted by Crippen LogP contribution is 2.04. The molecule has 18 heavy (non-hydrogen) atoms. The summed E-state index contributed by atoms with van der Waals surface area (Å²) < 4.78 is 0. The van der Waals surface area contributed by atoms with Gasteiger partial charge in [-0.05, 0) is 12.0 Å². The first-order valence-electron chi connectivity index (χ1n) is 5.77. The molecule has 0 aliphatic heterocycles. The van der Waals surface area contributed by atoms with E-state index in [4.69, 9.17) is 10.8 Å². The van der Waals surface area contributed by atoms with Crippen LogP contribution in [-0.2, 0) is 16.0 Å². The van der Waals surface area contributed by atoms with Gasteiger partial charge in [0.25, 0.3) is 0 Å². The minimum Gasteiger partial charge on any atom is -0.481 e. The van der Waals surface area contributed by atoms with Gasteiger partial charge in [0.15, 0.2) is 0 Å². The highest BCUT2D eigenvalue weighted by Gasteiger charge is 2.18. The maximum atomic E-state index is 11.9. The Bertz CT molecular complexity index is 406. The van der Waals surface area contributed by atoms with Crippen molar-refractivity contribution in [2.24, 2.45) is 5.73 Å². The van der Waals surface area contributed by atoms with E-state index in [2.05, 4.69) is 0 Å². The van der Waals surface area contributed by atoms with Crippen LogP contribution in [0.4, 0.5) is 0 Å². The Morgan fingerprint density at radius 3 is 2.50 bits per heavy atom. The van der Waals surface area contributed by atoms with Crippen molar-refractivity contribution in [1.82, 2.24) is 4.90 Å². The van der Waals surface area contributed by atoms with Gasteiger partial charge in [-0.15, -0.1) is 0 Å². The van der Waals surface area contributed by atoms with Crippen molar-refractivity contribution < 1.29 is 14.7 Å². The number of aliphatic carboxylic acids is 1. The van der Waals surface area contributed by atoms with Crippen LogP contribution in [0.3, 0.4) is 0 Å². The summed E-state index contributed by atoms with van der Waals surface area (Å²) in [5.74, 6) is -1.16. The lowest BCUT2D eigenvalue weighted by Gasteiger charge is -2.20. The Morgan fingerprint density at radius 2 is 1.94 bits per heavy atom. The monoisotopic (exact) mass is 250 g/mol. The van der Waals surface area contributed by atoms with Gasteiger partial charge in [-0.3, -0.25) is 9.59 Å². The normalized spacial score (nSPS) is 11.9. The molecule has 3 N–H and O–H groups in total. The molecule has 1 amide bonds. The van der Waals surface area contributed by atoms with E-state index in [1.807, 2.05) is 30.3 Å². The number of benzene rings is 1. The molecule has 0 saturated heterocycles. The number of rotatable bonds is 6. The average Bonchev–Trinajstić information content (AvgIpc) is 2.36. The van der Waals surface area contributed by atoms with E-state index in [0.29, 0.717) is 6.42 Å². The molecule has 5 nitrogen and oxygen atoms in total. The second-order valence-electron chi connectivity index (χ2n) is 4.20. The summed E-state index contributed by atoms with van der Waals surface area (Å²) in [6.45, 7) is 0.177. The molecular formula is C13H18N2O3. The van der Waals surface area contributed by atoms with Gasteiger partial charge < -0.3 is 15.7 Å². The summed E-state index contributed by atoms with van der Waals surface area (Å²) in [5, 5.41) is 8.55. The number of hydrogen-bond acceptors (Lipinski definition) is 3. The Morgan fingerprint density at radius 1 is 1.33 bits per heavy atom. The van der Waals surface area contributed by atoms with Gasteiger partial charge in [0, 0.05) is 13.6 Å². The average molecular weight is 250 g/mol. The predicted octanol–water partition coefficient (Wildman–Crippen LogP) is 0.490. The summed E-state index contributed by atoms with van der Waals surface area (Å²) in [7, 11) is 1.57. The summed E-state index contributed by atoms with van der Waals surface area (Å²) in [6.07, 6.45) is 0.386. The van der Waals surface area contributed by atoms with Gasteiger partial charge in [-0.2, -0.15) is 0 Å². The van der Waals surface area contributed by atoms with E-state index in [0.717, 1.165) is 5.56 Å². The van der Waals surface area contributed by atoms with Crippen molar-refractivity contribution in [1.29, 1.82) is 0 Å². The molecule has 1 aromatic carbocycles. The first-order valence-corrected chi connectivity index (χ1v) is 5.77. The molecule has 0 aliphatic rings. The number of nitrogens with two attached hydrogens (primary N) is 1. The van der Waals surface area contributed by atoms with E-state index in [1.165, 1.54) is 4.90 Å². The van der Waals surface area contributed by atoms with Gasteiger partial charge in [0.2, 0.25) is 5.91 Å². The first kappa shape index (κ1) is 14.2. The fourth-order valence-electron chi connectivity index (χ4n) is 1.61. The number of carboxylic acids is 1. The fourth-order valence-corrected chi connectivity index (χ4v) is 1.61. The number of carbonyl (C=O) groups is 2. The van der Waals surface area contributed by atoms with Crippen LogP contribution in [0, 0.1) is 0 Å². The van der Waals surface area contributed by atoms with Crippen LogP contribution in [0.1, 0.15) is 12.0 Å². The van der Waals surface area contributed by atoms with Crippen LogP contribution in [-0.4, -0.2) is 41.5 Å². The Kier molecular flexibility index (Phi) is 5.32. The van der Waals surface area contributed by atoms with E-state index in [-0.39, 0.29) is 18.9 Å². The Hall–Kier alpha value is -1.88. The Balaban J connectivity index is 2.48. The lowest BCUT2D eigenvalue weighted by atomic mass is 10.1. The first-order chi connectivity index (χ1) is 8.50. The number of nitrogens with zero attached hydrogens (tertiary/aromatic N) is 1. The van der Waals surface area contributed by atoms with Crippen LogP contribution in [0.15, 0.2) is 30.3 Å². The van der Waals surface area contributed by atoms with Crippen molar-refractivity contribution in [2.45, 2.75) is 18.9 Å². The molecule has 1 rings (SSSR count). The number of carboxylic acid groups (broad SMARTS) is 1. The minimum atomic E-state index is -0.925. The minimum absolute atomic E-state index is 0.0691. The van der Waals surface area contributed by atoms with Crippen LogP contribution < -0.4 is 5.73 Å². The maximum absolute atomic E-state index is 11.9. The molecule has 5 heteroatoms. The van der Waals surface area contributed by atoms with Crippen LogP contribution in [0.2, 0.25) is 0 Å². The number of hydrogen-bond donors (Lipinski definition) is 2. The molecule has 0 aromatic heterocycles. The topological polar surface area (TPSA) is 83.6 Å². The number of carbonyl (C=O) groups excluding carboxylic acids is 1. The molecule has 1 atom stereocenters. The summed E-state index contributed by atoms with van der Waals surface area (Å²) >= 11 is 0. The highest BCUT2D eigenvalue weighted by molar-refractivity contribution is 5.82. The fraction of sp³-hybridized carbons (Fsp3) is 0.385. The van der Waals surface area contributed by atoms with Crippen molar-refractivity contribution in [2.75, 3.05) is 13.6 Å². The standard InChI is InChI=1S/C13H18N2O3/c1-15(8-7-12(16)17)13(18)11(14)9-10-5-3-2-4-6-10/h2-6,11H,7-9,14H2,1H3,(H,16,17)/t11-/m1/s1. The SMILES string of the molecule is CN(CCC(=O)O)C(=O)[C@H](N)Cc1ccccc1. The van der Waals surface area contributed by atoms with Crippen LogP contribution in [0.25, 0.3) is 0 Å². The van der Waals surface area contributed by atoms with Gasteiger partial charge in [-0.1, -0.05) is 30.3 Å². The van der Waals surface area contributed by atoms with Crippen molar-refractivity contribution in [3.05, 3.63) is 35.9 Å². The van der Waals surface area contributed by atoms with E-state index in [1.54, 1.807) is 7.05 Å². The lowest BCUT2D eigenvalue weighted by Crippen LogP contribution is -2.43. The van der Waals surface area contributed by atoms with Crippen LogP contribution in [0.5, 0.6) is 0 Å². The molecule has 0 fully saturated rings. The molecule has 0 unspecified atom stereocenters. The summed E-state index contributed by atoms with van der Waals surface area (Å²) in [5.41, 5.74) is 6.81. The Labute approximate surface area is 106 Å². The van der Waals surface area contributed by atoms with Crippen molar-refractivity contribution >= 4 is 11.9 Å². The third-order valence-electron chi connectivity index (χ3n) is 2.65. The molecule has 0 heterocycles. The number of likely N-dealkylation sites (N-methyl/N-ethyl adjacent to an activating group) is 1. The zero-order valence-electron chi connectivity index (χ0n) is 10.4. The summed E-state index contributed by atoms with van der Waals surface area (Å²) in [4.78, 5) is 23.6. The van der Waals surface area contributed by atoms with Gasteiger partial charge in [0.05, 0.1) is 12.5 Å². The molecule has 0 bridgehead atoms. The van der Waals surface area contributed by atoms with E-state index < -0.39 is 12.0 Å².